The first-order valence-corrected chi connectivity index (χ1v) is 9.94. The van der Waals surface area contributed by atoms with E-state index in [4.69, 9.17) is 9.84 Å². The predicted molar refractivity (Wildman–Crippen MR) is 91.3 cm³/mol. The van der Waals surface area contributed by atoms with E-state index in [0.717, 1.165) is 6.42 Å². The zero-order valence-electron chi connectivity index (χ0n) is 14.2. The molecule has 1 atom stereocenters. The second-order valence-electron chi connectivity index (χ2n) is 6.04. The van der Waals surface area contributed by atoms with Crippen molar-refractivity contribution >= 4 is 21.7 Å². The lowest BCUT2D eigenvalue weighted by atomic mass is 10.1. The zero-order chi connectivity index (χ0) is 18.4. The summed E-state index contributed by atoms with van der Waals surface area (Å²) in [6.07, 6.45) is 0.716. The van der Waals surface area contributed by atoms with Gasteiger partial charge in [0.15, 0.2) is 9.84 Å². The molecular formula is C17H23NO6S. The number of benzene rings is 1. The summed E-state index contributed by atoms with van der Waals surface area (Å²) in [5, 5.41) is 8.84. The highest BCUT2D eigenvalue weighted by Gasteiger charge is 2.26. The molecule has 1 aliphatic rings. The van der Waals surface area contributed by atoms with Gasteiger partial charge in [-0.3, -0.25) is 9.59 Å². The molecule has 1 aromatic carbocycles. The summed E-state index contributed by atoms with van der Waals surface area (Å²) in [7, 11) is -3.32. The van der Waals surface area contributed by atoms with Crippen molar-refractivity contribution in [3.05, 3.63) is 29.8 Å². The fourth-order valence-electron chi connectivity index (χ4n) is 2.66. The number of hydrogen-bond donors (Lipinski definition) is 1. The van der Waals surface area contributed by atoms with Crippen molar-refractivity contribution in [3.63, 3.8) is 0 Å². The average Bonchev–Trinajstić information content (AvgIpc) is 2.59. The highest BCUT2D eigenvalue weighted by molar-refractivity contribution is 7.91. The summed E-state index contributed by atoms with van der Waals surface area (Å²) in [5.74, 6) is -1.13. The molecular weight excluding hydrogens is 346 g/mol. The van der Waals surface area contributed by atoms with E-state index in [1.807, 2.05) is 6.92 Å². The van der Waals surface area contributed by atoms with Crippen molar-refractivity contribution in [3.8, 4) is 0 Å². The SMILES string of the molecule is CCCCS(=O)(=O)c1ccc(C(=O)N2CCOC(CC(=O)O)C2)cc1. The number of carbonyl (C=O) groups is 2. The van der Waals surface area contributed by atoms with Crippen LogP contribution >= 0.6 is 0 Å². The van der Waals surface area contributed by atoms with Crippen LogP contribution in [0.5, 0.6) is 0 Å². The minimum absolute atomic E-state index is 0.0944. The number of unbranched alkanes of at least 4 members (excludes halogenated alkanes) is 1. The van der Waals surface area contributed by atoms with Crippen LogP contribution in [0.3, 0.4) is 0 Å². The fourth-order valence-corrected chi connectivity index (χ4v) is 4.12. The number of aliphatic carboxylic acids is 1. The van der Waals surface area contributed by atoms with Gasteiger partial charge in [-0.05, 0) is 30.7 Å². The maximum atomic E-state index is 12.5. The van der Waals surface area contributed by atoms with Crippen LogP contribution in [-0.4, -0.2) is 61.9 Å². The molecule has 1 fully saturated rings. The third-order valence-corrected chi connectivity index (χ3v) is 5.87. The summed E-state index contributed by atoms with van der Waals surface area (Å²) >= 11 is 0. The summed E-state index contributed by atoms with van der Waals surface area (Å²) in [6, 6.07) is 5.91. The number of rotatable bonds is 7. The van der Waals surface area contributed by atoms with Crippen LogP contribution < -0.4 is 0 Å². The van der Waals surface area contributed by atoms with E-state index in [2.05, 4.69) is 0 Å². The van der Waals surface area contributed by atoms with E-state index in [0.29, 0.717) is 18.5 Å². The Morgan fingerprint density at radius 2 is 1.96 bits per heavy atom. The van der Waals surface area contributed by atoms with Gasteiger partial charge in [0.1, 0.15) is 0 Å². The molecule has 1 heterocycles. The first kappa shape index (κ1) is 19.4. The van der Waals surface area contributed by atoms with Crippen molar-refractivity contribution in [2.24, 2.45) is 0 Å². The van der Waals surface area contributed by atoms with Crippen molar-refractivity contribution in [1.82, 2.24) is 4.90 Å². The molecule has 7 nitrogen and oxygen atoms in total. The van der Waals surface area contributed by atoms with Gasteiger partial charge in [0.2, 0.25) is 0 Å². The Balaban J connectivity index is 2.06. The normalized spacial score (nSPS) is 18.1. The van der Waals surface area contributed by atoms with E-state index in [1.54, 1.807) is 0 Å². The molecule has 1 unspecified atom stereocenters. The molecule has 0 saturated carbocycles. The topological polar surface area (TPSA) is 101 Å². The van der Waals surface area contributed by atoms with E-state index < -0.39 is 21.9 Å². The van der Waals surface area contributed by atoms with Crippen molar-refractivity contribution in [2.45, 2.75) is 37.2 Å². The fraction of sp³-hybridized carbons (Fsp3) is 0.529. The second-order valence-corrected chi connectivity index (χ2v) is 8.15. The molecule has 0 radical (unpaired) electrons. The van der Waals surface area contributed by atoms with Crippen LogP contribution in [0.25, 0.3) is 0 Å². The van der Waals surface area contributed by atoms with Crippen LogP contribution in [0.4, 0.5) is 0 Å². The van der Waals surface area contributed by atoms with Gasteiger partial charge in [0, 0.05) is 18.7 Å². The van der Waals surface area contributed by atoms with Gasteiger partial charge in [-0.1, -0.05) is 13.3 Å². The molecule has 1 N–H and O–H groups in total. The summed E-state index contributed by atoms with van der Waals surface area (Å²) < 4.78 is 29.7. The van der Waals surface area contributed by atoms with Gasteiger partial charge in [-0.25, -0.2) is 8.42 Å². The Kier molecular flexibility index (Phi) is 6.55. The predicted octanol–water partition coefficient (Wildman–Crippen LogP) is 1.58. The Morgan fingerprint density at radius 3 is 2.56 bits per heavy atom. The Bertz CT molecular complexity index is 713. The van der Waals surface area contributed by atoms with E-state index >= 15 is 0 Å². The minimum atomic E-state index is -3.32. The molecule has 1 saturated heterocycles. The van der Waals surface area contributed by atoms with Crippen LogP contribution in [-0.2, 0) is 19.4 Å². The quantitative estimate of drug-likeness (QED) is 0.783. The van der Waals surface area contributed by atoms with Gasteiger partial charge in [-0.15, -0.1) is 0 Å². The molecule has 0 bridgehead atoms. The summed E-state index contributed by atoms with van der Waals surface area (Å²) in [6.45, 7) is 2.80. The van der Waals surface area contributed by atoms with Crippen LogP contribution in [0.2, 0.25) is 0 Å². The van der Waals surface area contributed by atoms with Crippen LogP contribution in [0.15, 0.2) is 29.2 Å². The maximum absolute atomic E-state index is 12.5. The van der Waals surface area contributed by atoms with E-state index in [9.17, 15) is 18.0 Å². The Hall–Kier alpha value is -1.93. The maximum Gasteiger partial charge on any atom is 0.306 e. The number of carbonyl (C=O) groups excluding carboxylic acids is 1. The van der Waals surface area contributed by atoms with E-state index in [1.165, 1.54) is 29.2 Å². The number of sulfone groups is 1. The van der Waals surface area contributed by atoms with Gasteiger partial charge in [-0.2, -0.15) is 0 Å². The van der Waals surface area contributed by atoms with Gasteiger partial charge >= 0.3 is 5.97 Å². The second kappa shape index (κ2) is 8.44. The number of ether oxygens (including phenoxy) is 1. The van der Waals surface area contributed by atoms with Gasteiger partial charge in [0.05, 0.1) is 29.8 Å². The molecule has 1 aromatic rings. The number of nitrogens with zero attached hydrogens (tertiary/aromatic N) is 1. The van der Waals surface area contributed by atoms with Crippen LogP contribution in [0, 0.1) is 0 Å². The molecule has 1 aliphatic heterocycles. The van der Waals surface area contributed by atoms with Crippen molar-refractivity contribution < 1.29 is 27.9 Å². The molecule has 0 aromatic heterocycles. The Labute approximate surface area is 147 Å². The lowest BCUT2D eigenvalue weighted by Crippen LogP contribution is -2.46. The Morgan fingerprint density at radius 1 is 1.28 bits per heavy atom. The zero-order valence-corrected chi connectivity index (χ0v) is 15.0. The molecule has 0 spiro atoms. The van der Waals surface area contributed by atoms with Crippen LogP contribution in [0.1, 0.15) is 36.5 Å². The summed E-state index contributed by atoms with van der Waals surface area (Å²) in [5.41, 5.74) is 0.380. The van der Waals surface area contributed by atoms with Gasteiger partial charge in [0.25, 0.3) is 5.91 Å². The largest absolute Gasteiger partial charge is 0.481 e. The van der Waals surface area contributed by atoms with E-state index in [-0.39, 0.29) is 36.1 Å². The number of amides is 1. The standard InChI is InChI=1S/C17H23NO6S/c1-2-3-10-25(22,23)15-6-4-13(5-7-15)17(21)18-8-9-24-14(12-18)11-16(19)20/h4-7,14H,2-3,8-12H2,1H3,(H,19,20). The minimum Gasteiger partial charge on any atom is -0.481 e. The molecule has 25 heavy (non-hydrogen) atoms. The highest BCUT2D eigenvalue weighted by atomic mass is 32.2. The first-order valence-electron chi connectivity index (χ1n) is 8.29. The molecule has 1 amide bonds. The summed E-state index contributed by atoms with van der Waals surface area (Å²) in [4.78, 5) is 25.1. The highest BCUT2D eigenvalue weighted by Crippen LogP contribution is 2.17. The molecule has 138 valence electrons. The molecule has 2 rings (SSSR count). The number of morpholine rings is 1. The lowest BCUT2D eigenvalue weighted by molar-refractivity contribution is -0.141. The first-order chi connectivity index (χ1) is 11.8. The average molecular weight is 369 g/mol. The van der Waals surface area contributed by atoms with Crippen molar-refractivity contribution in [1.29, 1.82) is 0 Å². The number of carboxylic acid groups (broad SMARTS) is 1. The third-order valence-electron chi connectivity index (χ3n) is 4.06. The van der Waals surface area contributed by atoms with Crippen molar-refractivity contribution in [2.75, 3.05) is 25.4 Å². The molecule has 8 heteroatoms. The number of carboxylic acids is 1. The van der Waals surface area contributed by atoms with Gasteiger partial charge < -0.3 is 14.7 Å². The lowest BCUT2D eigenvalue weighted by Gasteiger charge is -2.32. The smallest absolute Gasteiger partial charge is 0.306 e. The monoisotopic (exact) mass is 369 g/mol. The number of hydrogen-bond acceptors (Lipinski definition) is 5. The molecule has 0 aliphatic carbocycles. The third kappa shape index (κ3) is 5.27.